The standard InChI is InChI=1S/C24H23BrF2N2O5/c1-15-12-21(34-20-7-6-18(26)13-19(20)27)22(25)24(33)29(15)14-16-2-4-17(5-3-16)23(32)28(8-10-30)9-11-31/h2-7,12-13,30-31H,8-11,14H2,1H3. The van der Waals surface area contributed by atoms with Gasteiger partial charge in [0, 0.05) is 36.5 Å². The number of benzene rings is 2. The Hall–Kier alpha value is -3.08. The Morgan fingerprint density at radius 3 is 2.26 bits per heavy atom. The Morgan fingerprint density at radius 2 is 1.68 bits per heavy atom. The van der Waals surface area contributed by atoms with Crippen LogP contribution in [-0.2, 0) is 6.54 Å². The molecule has 2 N–H and O–H groups in total. The fourth-order valence-electron chi connectivity index (χ4n) is 3.34. The van der Waals surface area contributed by atoms with Crippen LogP contribution < -0.4 is 10.3 Å². The van der Waals surface area contributed by atoms with Crippen molar-refractivity contribution in [2.24, 2.45) is 0 Å². The maximum Gasteiger partial charge on any atom is 0.269 e. The number of hydrogen-bond donors (Lipinski definition) is 2. The van der Waals surface area contributed by atoms with Gasteiger partial charge in [0.1, 0.15) is 16.0 Å². The zero-order chi connectivity index (χ0) is 24.8. The number of amides is 1. The molecular weight excluding hydrogens is 514 g/mol. The number of pyridine rings is 1. The van der Waals surface area contributed by atoms with Gasteiger partial charge in [-0.15, -0.1) is 0 Å². The zero-order valence-electron chi connectivity index (χ0n) is 18.3. The maximum absolute atomic E-state index is 13.9. The van der Waals surface area contributed by atoms with Gasteiger partial charge in [0.15, 0.2) is 11.6 Å². The molecule has 0 aliphatic rings. The van der Waals surface area contributed by atoms with Gasteiger partial charge in [-0.25, -0.2) is 8.78 Å². The van der Waals surface area contributed by atoms with Crippen molar-refractivity contribution in [3.63, 3.8) is 0 Å². The highest BCUT2D eigenvalue weighted by atomic mass is 79.9. The number of aryl methyl sites for hydroxylation is 1. The fraction of sp³-hybridized carbons (Fsp3) is 0.250. The van der Waals surface area contributed by atoms with E-state index in [1.165, 1.54) is 9.47 Å². The molecule has 0 atom stereocenters. The highest BCUT2D eigenvalue weighted by molar-refractivity contribution is 9.10. The summed E-state index contributed by atoms with van der Waals surface area (Å²) < 4.78 is 34.1. The molecule has 10 heteroatoms. The molecule has 2 aromatic carbocycles. The SMILES string of the molecule is Cc1cc(Oc2ccc(F)cc2F)c(Br)c(=O)n1Cc1ccc(C(=O)N(CCO)CCO)cc1. The van der Waals surface area contributed by atoms with Crippen LogP contribution in [0.2, 0.25) is 0 Å². The summed E-state index contributed by atoms with van der Waals surface area (Å²) in [4.78, 5) is 26.8. The molecule has 0 fully saturated rings. The Morgan fingerprint density at radius 1 is 1.03 bits per heavy atom. The molecule has 7 nitrogen and oxygen atoms in total. The van der Waals surface area contributed by atoms with E-state index in [4.69, 9.17) is 14.9 Å². The molecule has 0 saturated carbocycles. The molecule has 0 unspecified atom stereocenters. The average molecular weight is 537 g/mol. The van der Waals surface area contributed by atoms with E-state index in [0.717, 1.165) is 17.7 Å². The number of aliphatic hydroxyl groups is 2. The summed E-state index contributed by atoms with van der Waals surface area (Å²) in [7, 11) is 0. The van der Waals surface area contributed by atoms with Gasteiger partial charge in [-0.2, -0.15) is 0 Å². The third-order valence-corrected chi connectivity index (χ3v) is 5.83. The number of carbonyl (C=O) groups is 1. The van der Waals surface area contributed by atoms with Crippen molar-refractivity contribution < 1.29 is 28.5 Å². The van der Waals surface area contributed by atoms with Crippen LogP contribution in [0, 0.1) is 18.6 Å². The zero-order valence-corrected chi connectivity index (χ0v) is 19.9. The summed E-state index contributed by atoms with van der Waals surface area (Å²) in [6.07, 6.45) is 0. The first-order valence-electron chi connectivity index (χ1n) is 10.4. The van der Waals surface area contributed by atoms with Gasteiger partial charge in [0.25, 0.3) is 11.5 Å². The van der Waals surface area contributed by atoms with E-state index < -0.39 is 17.2 Å². The number of halogens is 3. The normalized spacial score (nSPS) is 10.9. The third-order valence-electron chi connectivity index (χ3n) is 5.10. The minimum atomic E-state index is -0.889. The summed E-state index contributed by atoms with van der Waals surface area (Å²) >= 11 is 3.21. The quantitative estimate of drug-likeness (QED) is 0.437. The van der Waals surface area contributed by atoms with E-state index in [1.54, 1.807) is 37.3 Å². The summed E-state index contributed by atoms with van der Waals surface area (Å²) in [5.41, 5.74) is 1.28. The summed E-state index contributed by atoms with van der Waals surface area (Å²) in [6, 6.07) is 11.1. The molecule has 1 heterocycles. The lowest BCUT2D eigenvalue weighted by atomic mass is 10.1. The fourth-order valence-corrected chi connectivity index (χ4v) is 3.75. The maximum atomic E-state index is 13.9. The lowest BCUT2D eigenvalue weighted by Crippen LogP contribution is -2.35. The number of hydrogen-bond acceptors (Lipinski definition) is 5. The van der Waals surface area contributed by atoms with Gasteiger partial charge in [0.2, 0.25) is 0 Å². The highest BCUT2D eigenvalue weighted by Gasteiger charge is 2.17. The first kappa shape index (κ1) is 25.5. The minimum absolute atomic E-state index is 0.0808. The molecule has 180 valence electrons. The van der Waals surface area contributed by atoms with Gasteiger partial charge < -0.3 is 24.4 Å². The molecule has 0 saturated heterocycles. The van der Waals surface area contributed by atoms with Crippen molar-refractivity contribution in [1.29, 1.82) is 0 Å². The number of carbonyl (C=O) groups excluding carboxylic acids is 1. The molecule has 1 amide bonds. The largest absolute Gasteiger partial charge is 0.453 e. The molecule has 3 aromatic rings. The van der Waals surface area contributed by atoms with Crippen LogP contribution in [0.1, 0.15) is 21.6 Å². The van der Waals surface area contributed by atoms with Crippen LogP contribution in [0.25, 0.3) is 0 Å². The van der Waals surface area contributed by atoms with Crippen LogP contribution in [0.4, 0.5) is 8.78 Å². The first-order chi connectivity index (χ1) is 16.2. The van der Waals surface area contributed by atoms with E-state index in [9.17, 15) is 18.4 Å². The van der Waals surface area contributed by atoms with Crippen LogP contribution in [0.15, 0.2) is 57.8 Å². The van der Waals surface area contributed by atoms with E-state index >= 15 is 0 Å². The second-order valence-corrected chi connectivity index (χ2v) is 8.26. The Bertz CT molecular complexity index is 1230. The molecule has 0 radical (unpaired) electrons. The van der Waals surface area contributed by atoms with Gasteiger partial charge >= 0.3 is 0 Å². The number of rotatable bonds is 9. The van der Waals surface area contributed by atoms with Gasteiger partial charge in [-0.05, 0) is 52.7 Å². The molecule has 1 aromatic heterocycles. The predicted octanol–water partition coefficient (Wildman–Crippen LogP) is 3.46. The Balaban J connectivity index is 1.81. The van der Waals surface area contributed by atoms with Crippen LogP contribution in [0.5, 0.6) is 11.5 Å². The predicted molar refractivity (Wildman–Crippen MR) is 125 cm³/mol. The minimum Gasteiger partial charge on any atom is -0.453 e. The van der Waals surface area contributed by atoms with Crippen molar-refractivity contribution in [3.8, 4) is 11.5 Å². The smallest absolute Gasteiger partial charge is 0.269 e. The number of ether oxygens (including phenoxy) is 1. The average Bonchev–Trinajstić information content (AvgIpc) is 2.81. The van der Waals surface area contributed by atoms with E-state index in [-0.39, 0.29) is 54.7 Å². The third kappa shape index (κ3) is 5.88. The van der Waals surface area contributed by atoms with Crippen LogP contribution in [-0.4, -0.2) is 51.9 Å². The van der Waals surface area contributed by atoms with Crippen molar-refractivity contribution in [3.05, 3.63) is 91.8 Å². The Kier molecular flexibility index (Phi) is 8.54. The van der Waals surface area contributed by atoms with E-state index in [0.29, 0.717) is 17.3 Å². The van der Waals surface area contributed by atoms with E-state index in [2.05, 4.69) is 15.9 Å². The molecule has 0 aliphatic carbocycles. The summed E-state index contributed by atoms with van der Waals surface area (Å²) in [5.74, 6) is -2.06. The first-order valence-corrected chi connectivity index (χ1v) is 11.2. The van der Waals surface area contributed by atoms with Crippen LogP contribution >= 0.6 is 15.9 Å². The molecule has 3 rings (SSSR count). The second-order valence-electron chi connectivity index (χ2n) is 7.47. The van der Waals surface area contributed by atoms with Gasteiger partial charge in [-0.1, -0.05) is 12.1 Å². The summed E-state index contributed by atoms with van der Waals surface area (Å²) in [5, 5.41) is 18.2. The van der Waals surface area contributed by atoms with Crippen molar-refractivity contribution in [1.82, 2.24) is 9.47 Å². The molecule has 34 heavy (non-hydrogen) atoms. The molecule has 0 bridgehead atoms. The van der Waals surface area contributed by atoms with Crippen molar-refractivity contribution in [2.75, 3.05) is 26.3 Å². The summed E-state index contributed by atoms with van der Waals surface area (Å²) in [6.45, 7) is 1.70. The lowest BCUT2D eigenvalue weighted by Gasteiger charge is -2.20. The highest BCUT2D eigenvalue weighted by Crippen LogP contribution is 2.30. The van der Waals surface area contributed by atoms with Gasteiger partial charge in [-0.3, -0.25) is 9.59 Å². The number of nitrogens with zero attached hydrogens (tertiary/aromatic N) is 2. The number of aromatic nitrogens is 1. The van der Waals surface area contributed by atoms with Crippen LogP contribution in [0.3, 0.4) is 0 Å². The molecule has 0 spiro atoms. The van der Waals surface area contributed by atoms with Crippen molar-refractivity contribution in [2.45, 2.75) is 13.5 Å². The molecule has 0 aliphatic heterocycles. The topological polar surface area (TPSA) is 92.0 Å². The molecular formula is C24H23BrF2N2O5. The monoisotopic (exact) mass is 536 g/mol. The lowest BCUT2D eigenvalue weighted by molar-refractivity contribution is 0.0685. The van der Waals surface area contributed by atoms with E-state index in [1.807, 2.05) is 0 Å². The van der Waals surface area contributed by atoms with Crippen molar-refractivity contribution >= 4 is 21.8 Å². The second kappa shape index (κ2) is 11.4. The number of aliphatic hydroxyl groups excluding tert-OH is 2. The Labute approximate surface area is 203 Å². The van der Waals surface area contributed by atoms with Gasteiger partial charge in [0.05, 0.1) is 19.8 Å².